The second-order valence-electron chi connectivity index (χ2n) is 6.10. The Morgan fingerprint density at radius 1 is 1.40 bits per heavy atom. The molecule has 88 valence electrons. The molecule has 1 unspecified atom stereocenters. The van der Waals surface area contributed by atoms with Crippen LogP contribution in [0.4, 0.5) is 0 Å². The summed E-state index contributed by atoms with van der Waals surface area (Å²) in [4.78, 5) is 0. The highest BCUT2D eigenvalue weighted by atomic mass is 15.0. The van der Waals surface area contributed by atoms with Crippen molar-refractivity contribution in [3.05, 3.63) is 0 Å². The summed E-state index contributed by atoms with van der Waals surface area (Å²) in [7, 11) is 0. The van der Waals surface area contributed by atoms with Gasteiger partial charge in [0.2, 0.25) is 0 Å². The van der Waals surface area contributed by atoms with Crippen LogP contribution in [0.1, 0.15) is 40.0 Å². The average Bonchev–Trinajstić information content (AvgIpc) is 2.60. The van der Waals surface area contributed by atoms with Gasteiger partial charge in [-0.15, -0.1) is 0 Å². The average molecular weight is 210 g/mol. The first-order valence-electron chi connectivity index (χ1n) is 6.56. The molecular weight excluding hydrogens is 184 g/mol. The summed E-state index contributed by atoms with van der Waals surface area (Å²) in [5.41, 5.74) is 0.527. The van der Waals surface area contributed by atoms with Crippen LogP contribution >= 0.6 is 0 Å². The van der Waals surface area contributed by atoms with Gasteiger partial charge >= 0.3 is 0 Å². The van der Waals surface area contributed by atoms with Crippen molar-refractivity contribution in [3.63, 3.8) is 0 Å². The van der Waals surface area contributed by atoms with Crippen LogP contribution in [0.25, 0.3) is 0 Å². The van der Waals surface area contributed by atoms with E-state index in [1.165, 1.54) is 38.9 Å². The maximum atomic E-state index is 3.77. The molecule has 1 saturated carbocycles. The molecule has 0 aromatic rings. The molecule has 0 bridgehead atoms. The zero-order valence-electron chi connectivity index (χ0n) is 10.5. The summed E-state index contributed by atoms with van der Waals surface area (Å²) in [6.07, 6.45) is 4.13. The highest BCUT2D eigenvalue weighted by molar-refractivity contribution is 4.94. The van der Waals surface area contributed by atoms with Crippen LogP contribution in [0, 0.1) is 17.3 Å². The largest absolute Gasteiger partial charge is 0.316 e. The second kappa shape index (κ2) is 4.42. The third kappa shape index (κ3) is 2.36. The normalized spacial score (nSPS) is 40.8. The zero-order valence-corrected chi connectivity index (χ0v) is 10.5. The maximum Gasteiger partial charge on any atom is 0.00723 e. The van der Waals surface area contributed by atoms with Crippen molar-refractivity contribution in [3.8, 4) is 0 Å². The number of rotatable bonds is 4. The lowest BCUT2D eigenvalue weighted by Gasteiger charge is -2.39. The molecule has 0 radical (unpaired) electrons. The monoisotopic (exact) mass is 210 g/mol. The molecule has 1 atom stereocenters. The van der Waals surface area contributed by atoms with E-state index in [2.05, 4.69) is 31.4 Å². The smallest absolute Gasteiger partial charge is 0.00723 e. The summed E-state index contributed by atoms with van der Waals surface area (Å²) in [6.45, 7) is 10.7. The van der Waals surface area contributed by atoms with Gasteiger partial charge in [-0.2, -0.15) is 0 Å². The van der Waals surface area contributed by atoms with Crippen molar-refractivity contribution in [2.24, 2.45) is 17.3 Å². The summed E-state index contributed by atoms with van der Waals surface area (Å²) in [6, 6.07) is 0.816. The fourth-order valence-corrected chi connectivity index (χ4v) is 3.03. The Bertz CT molecular complexity index is 201. The van der Waals surface area contributed by atoms with Crippen LogP contribution in [0.2, 0.25) is 0 Å². The summed E-state index contributed by atoms with van der Waals surface area (Å²) >= 11 is 0. The number of hydrogen-bond donors (Lipinski definition) is 2. The molecule has 2 nitrogen and oxygen atoms in total. The van der Waals surface area contributed by atoms with E-state index in [1.54, 1.807) is 0 Å². The van der Waals surface area contributed by atoms with Gasteiger partial charge in [-0.25, -0.2) is 0 Å². The van der Waals surface area contributed by atoms with Gasteiger partial charge in [0.05, 0.1) is 0 Å². The molecule has 15 heavy (non-hydrogen) atoms. The molecule has 1 heterocycles. The lowest BCUT2D eigenvalue weighted by Crippen LogP contribution is -2.48. The van der Waals surface area contributed by atoms with Crippen molar-refractivity contribution in [1.29, 1.82) is 0 Å². The van der Waals surface area contributed by atoms with Crippen molar-refractivity contribution in [1.82, 2.24) is 10.6 Å². The highest BCUT2D eigenvalue weighted by Crippen LogP contribution is 2.34. The molecule has 1 saturated heterocycles. The van der Waals surface area contributed by atoms with E-state index in [0.29, 0.717) is 5.41 Å². The van der Waals surface area contributed by atoms with Gasteiger partial charge in [0.1, 0.15) is 0 Å². The topological polar surface area (TPSA) is 24.1 Å². The van der Waals surface area contributed by atoms with Gasteiger partial charge < -0.3 is 10.6 Å². The van der Waals surface area contributed by atoms with E-state index in [9.17, 15) is 0 Å². The Morgan fingerprint density at radius 3 is 2.60 bits per heavy atom. The number of nitrogens with one attached hydrogen (secondary N) is 2. The van der Waals surface area contributed by atoms with Gasteiger partial charge in [-0.05, 0) is 43.1 Å². The van der Waals surface area contributed by atoms with Gasteiger partial charge in [-0.1, -0.05) is 20.8 Å². The Labute approximate surface area is 94.2 Å². The van der Waals surface area contributed by atoms with E-state index in [1.807, 2.05) is 0 Å². The van der Waals surface area contributed by atoms with E-state index < -0.39 is 0 Å². The molecule has 0 aromatic heterocycles. The van der Waals surface area contributed by atoms with Crippen LogP contribution in [0.3, 0.4) is 0 Å². The minimum absolute atomic E-state index is 0.527. The molecule has 1 aliphatic heterocycles. The summed E-state index contributed by atoms with van der Waals surface area (Å²) in [5, 5.41) is 7.30. The van der Waals surface area contributed by atoms with E-state index in [-0.39, 0.29) is 0 Å². The third-order valence-corrected chi connectivity index (χ3v) is 4.62. The van der Waals surface area contributed by atoms with E-state index in [0.717, 1.165) is 17.9 Å². The van der Waals surface area contributed by atoms with Crippen LogP contribution in [-0.2, 0) is 0 Å². The third-order valence-electron chi connectivity index (χ3n) is 4.62. The maximum absolute atomic E-state index is 3.77. The summed E-state index contributed by atoms with van der Waals surface area (Å²) < 4.78 is 0. The minimum Gasteiger partial charge on any atom is -0.316 e. The molecule has 0 amide bonds. The molecule has 2 N–H and O–H groups in total. The van der Waals surface area contributed by atoms with Crippen LogP contribution in [0.15, 0.2) is 0 Å². The van der Waals surface area contributed by atoms with Crippen molar-refractivity contribution in [2.45, 2.75) is 46.1 Å². The van der Waals surface area contributed by atoms with Crippen molar-refractivity contribution >= 4 is 0 Å². The van der Waals surface area contributed by atoms with Gasteiger partial charge in [-0.3, -0.25) is 0 Å². The van der Waals surface area contributed by atoms with Crippen LogP contribution < -0.4 is 10.6 Å². The van der Waals surface area contributed by atoms with E-state index in [4.69, 9.17) is 0 Å². The first kappa shape index (κ1) is 11.4. The fraction of sp³-hybridized carbons (Fsp3) is 1.00. The first-order valence-corrected chi connectivity index (χ1v) is 6.56. The molecule has 0 spiro atoms. The Balaban J connectivity index is 1.80. The standard InChI is InChI=1S/C13H26N2/c1-10(2)13(4-5-14-8-13)9-15-12-6-11(3)7-12/h10-12,14-15H,4-9H2,1-3H3. The quantitative estimate of drug-likeness (QED) is 0.742. The minimum atomic E-state index is 0.527. The van der Waals surface area contributed by atoms with Gasteiger partial charge in [0, 0.05) is 19.1 Å². The molecule has 2 fully saturated rings. The SMILES string of the molecule is CC1CC(NCC2(C(C)C)CCNC2)C1. The molecular formula is C13H26N2. The highest BCUT2D eigenvalue weighted by Gasteiger charge is 2.37. The van der Waals surface area contributed by atoms with Gasteiger partial charge in [0.15, 0.2) is 0 Å². The predicted octanol–water partition coefficient (Wildman–Crippen LogP) is 2.01. The first-order chi connectivity index (χ1) is 7.12. The fourth-order valence-electron chi connectivity index (χ4n) is 3.03. The Morgan fingerprint density at radius 2 is 2.13 bits per heavy atom. The number of hydrogen-bond acceptors (Lipinski definition) is 2. The molecule has 2 aliphatic rings. The zero-order chi connectivity index (χ0) is 10.9. The lowest BCUT2D eigenvalue weighted by molar-refractivity contribution is 0.164. The Kier molecular flexibility index (Phi) is 3.36. The van der Waals surface area contributed by atoms with Crippen molar-refractivity contribution in [2.75, 3.05) is 19.6 Å². The Hall–Kier alpha value is -0.0800. The van der Waals surface area contributed by atoms with Gasteiger partial charge in [0.25, 0.3) is 0 Å². The second-order valence-corrected chi connectivity index (χ2v) is 6.10. The molecule has 2 rings (SSSR count). The predicted molar refractivity (Wildman–Crippen MR) is 64.9 cm³/mol. The molecule has 1 aliphatic carbocycles. The molecule has 2 heteroatoms. The van der Waals surface area contributed by atoms with E-state index >= 15 is 0 Å². The van der Waals surface area contributed by atoms with Crippen molar-refractivity contribution < 1.29 is 0 Å². The van der Waals surface area contributed by atoms with Crippen LogP contribution in [0.5, 0.6) is 0 Å². The van der Waals surface area contributed by atoms with Crippen LogP contribution in [-0.4, -0.2) is 25.7 Å². The molecule has 0 aromatic carbocycles. The lowest BCUT2D eigenvalue weighted by atomic mass is 9.75. The summed E-state index contributed by atoms with van der Waals surface area (Å²) in [5.74, 6) is 1.75.